The second-order valence-corrected chi connectivity index (χ2v) is 5.99. The van der Waals surface area contributed by atoms with Gasteiger partial charge in [-0.2, -0.15) is 0 Å². The number of nitrogens with zero attached hydrogens (tertiary/aromatic N) is 3. The zero-order valence-corrected chi connectivity index (χ0v) is 11.3. The summed E-state index contributed by atoms with van der Waals surface area (Å²) in [5.74, 6) is 1.16. The molecule has 1 saturated carbocycles. The van der Waals surface area contributed by atoms with Crippen molar-refractivity contribution in [3.8, 4) is 0 Å². The van der Waals surface area contributed by atoms with Gasteiger partial charge in [0.15, 0.2) is 5.96 Å². The molecule has 0 aromatic carbocycles. The van der Waals surface area contributed by atoms with Gasteiger partial charge in [0.2, 0.25) is 0 Å². The summed E-state index contributed by atoms with van der Waals surface area (Å²) in [4.78, 5) is 9.22. The number of guanidine groups is 1. The van der Waals surface area contributed by atoms with E-state index in [1.54, 1.807) is 0 Å². The SMILES string of the molecule is BC1(C)CCCCC2C1N(C)/C(=N\C)N2C. The minimum Gasteiger partial charge on any atom is -0.341 e. The van der Waals surface area contributed by atoms with Crippen molar-refractivity contribution in [3.63, 3.8) is 0 Å². The molecule has 1 aliphatic carbocycles. The summed E-state index contributed by atoms with van der Waals surface area (Å²) in [5, 5.41) is 0.399. The Balaban J connectivity index is 2.36. The van der Waals surface area contributed by atoms with Crippen molar-refractivity contribution in [1.29, 1.82) is 0 Å². The van der Waals surface area contributed by atoms with Gasteiger partial charge in [-0.15, -0.1) is 0 Å². The molecule has 0 aromatic rings. The van der Waals surface area contributed by atoms with Gasteiger partial charge in [0.05, 0.1) is 12.1 Å². The van der Waals surface area contributed by atoms with Gasteiger partial charge in [-0.1, -0.05) is 26.2 Å². The van der Waals surface area contributed by atoms with Gasteiger partial charge < -0.3 is 9.80 Å². The van der Waals surface area contributed by atoms with Crippen molar-refractivity contribution in [2.24, 2.45) is 4.99 Å². The summed E-state index contributed by atoms with van der Waals surface area (Å²) in [6.45, 7) is 2.42. The lowest BCUT2D eigenvalue weighted by molar-refractivity contribution is 0.247. The van der Waals surface area contributed by atoms with Gasteiger partial charge >= 0.3 is 0 Å². The zero-order chi connectivity index (χ0) is 11.9. The van der Waals surface area contributed by atoms with Crippen LogP contribution in [0.1, 0.15) is 32.6 Å². The van der Waals surface area contributed by atoms with E-state index in [1.165, 1.54) is 25.7 Å². The fourth-order valence-corrected chi connectivity index (χ4v) is 3.79. The van der Waals surface area contributed by atoms with Gasteiger partial charge in [0.25, 0.3) is 0 Å². The third kappa shape index (κ3) is 1.63. The Morgan fingerprint density at radius 1 is 1.31 bits per heavy atom. The van der Waals surface area contributed by atoms with E-state index in [2.05, 4.69) is 43.7 Å². The van der Waals surface area contributed by atoms with Gasteiger partial charge in [0, 0.05) is 21.1 Å². The van der Waals surface area contributed by atoms with Crippen LogP contribution in [-0.2, 0) is 0 Å². The van der Waals surface area contributed by atoms with E-state index in [0.29, 0.717) is 17.4 Å². The second-order valence-electron chi connectivity index (χ2n) is 5.99. The molecule has 4 heteroatoms. The normalized spacial score (nSPS) is 42.4. The fraction of sp³-hybridized carbons (Fsp3) is 0.917. The predicted octanol–water partition coefficient (Wildman–Crippen LogP) is 0.972. The fourth-order valence-electron chi connectivity index (χ4n) is 3.79. The van der Waals surface area contributed by atoms with Gasteiger partial charge in [-0.3, -0.25) is 4.99 Å². The molecule has 1 heterocycles. The maximum absolute atomic E-state index is 4.44. The summed E-state index contributed by atoms with van der Waals surface area (Å²) >= 11 is 0. The molecule has 2 rings (SSSR count). The lowest BCUT2D eigenvalue weighted by Crippen LogP contribution is -2.43. The molecule has 90 valence electrons. The Morgan fingerprint density at radius 2 is 2.00 bits per heavy atom. The first-order valence-corrected chi connectivity index (χ1v) is 6.41. The highest BCUT2D eigenvalue weighted by molar-refractivity contribution is 6.16. The molecule has 0 spiro atoms. The molecular formula is C12H24BN3. The van der Waals surface area contributed by atoms with E-state index in [9.17, 15) is 0 Å². The molecule has 16 heavy (non-hydrogen) atoms. The molecule has 2 fully saturated rings. The van der Waals surface area contributed by atoms with Crippen LogP contribution in [0.3, 0.4) is 0 Å². The monoisotopic (exact) mass is 221 g/mol. The molecule has 0 bridgehead atoms. The number of aliphatic imine (C=N–C) groups is 1. The second kappa shape index (κ2) is 3.97. The number of hydrogen-bond acceptors (Lipinski definition) is 1. The van der Waals surface area contributed by atoms with Crippen LogP contribution < -0.4 is 0 Å². The number of rotatable bonds is 0. The average Bonchev–Trinajstić information content (AvgIpc) is 2.36. The van der Waals surface area contributed by atoms with Gasteiger partial charge in [0.1, 0.15) is 7.85 Å². The molecular weight excluding hydrogens is 197 g/mol. The zero-order valence-electron chi connectivity index (χ0n) is 11.3. The van der Waals surface area contributed by atoms with Crippen molar-refractivity contribution >= 4 is 13.8 Å². The first-order chi connectivity index (χ1) is 7.49. The summed E-state index contributed by atoms with van der Waals surface area (Å²) < 4.78 is 0. The molecule has 1 saturated heterocycles. The van der Waals surface area contributed by atoms with Crippen molar-refractivity contribution in [3.05, 3.63) is 0 Å². The van der Waals surface area contributed by atoms with E-state index in [0.717, 1.165) is 5.96 Å². The van der Waals surface area contributed by atoms with Crippen LogP contribution in [-0.4, -0.2) is 56.8 Å². The first kappa shape index (κ1) is 11.8. The molecule has 3 nitrogen and oxygen atoms in total. The Morgan fingerprint density at radius 3 is 2.62 bits per heavy atom. The molecule has 3 unspecified atom stereocenters. The van der Waals surface area contributed by atoms with Crippen LogP contribution in [0.15, 0.2) is 4.99 Å². The summed E-state index contributed by atoms with van der Waals surface area (Å²) in [7, 11) is 8.72. The Bertz CT molecular complexity index is 301. The van der Waals surface area contributed by atoms with Crippen LogP contribution in [0.25, 0.3) is 0 Å². The lowest BCUT2D eigenvalue weighted by Gasteiger charge is -2.37. The third-order valence-corrected chi connectivity index (χ3v) is 4.48. The molecule has 0 radical (unpaired) electrons. The van der Waals surface area contributed by atoms with E-state index in [1.807, 2.05) is 7.05 Å². The van der Waals surface area contributed by atoms with Crippen molar-refractivity contribution in [1.82, 2.24) is 9.80 Å². The highest BCUT2D eigenvalue weighted by Crippen LogP contribution is 2.45. The largest absolute Gasteiger partial charge is 0.341 e. The molecule has 1 aliphatic heterocycles. The molecule has 0 amide bonds. The average molecular weight is 221 g/mol. The van der Waals surface area contributed by atoms with Gasteiger partial charge in [-0.05, 0) is 11.7 Å². The number of fused-ring (bicyclic) bond motifs is 1. The van der Waals surface area contributed by atoms with Crippen LogP contribution in [0, 0.1) is 0 Å². The maximum Gasteiger partial charge on any atom is 0.196 e. The van der Waals surface area contributed by atoms with Crippen LogP contribution >= 0.6 is 0 Å². The van der Waals surface area contributed by atoms with E-state index in [4.69, 9.17) is 0 Å². The maximum atomic E-state index is 4.44. The first-order valence-electron chi connectivity index (χ1n) is 6.41. The van der Waals surface area contributed by atoms with Crippen molar-refractivity contribution in [2.75, 3.05) is 21.1 Å². The smallest absolute Gasteiger partial charge is 0.196 e. The van der Waals surface area contributed by atoms with Crippen LogP contribution in [0.4, 0.5) is 0 Å². The highest BCUT2D eigenvalue weighted by atomic mass is 15.5. The summed E-state index contributed by atoms with van der Waals surface area (Å²) in [6.07, 6.45) is 5.39. The van der Waals surface area contributed by atoms with E-state index in [-0.39, 0.29) is 0 Å². The van der Waals surface area contributed by atoms with Crippen molar-refractivity contribution in [2.45, 2.75) is 50.0 Å². The molecule has 2 aliphatic rings. The standard InChI is InChI=1S/C12H24BN3/c1-12(13)8-6-5-7-9-10(12)16(4)11(14-2)15(9)3/h9-10H,5-8,13H2,1-4H3/b14-11-. The Hall–Kier alpha value is -0.665. The van der Waals surface area contributed by atoms with E-state index < -0.39 is 0 Å². The minimum atomic E-state index is 0.399. The Kier molecular flexibility index (Phi) is 2.93. The summed E-state index contributed by atoms with van der Waals surface area (Å²) in [6, 6.07) is 1.28. The van der Waals surface area contributed by atoms with Crippen LogP contribution in [0.2, 0.25) is 5.31 Å². The quantitative estimate of drug-likeness (QED) is 0.568. The van der Waals surface area contributed by atoms with E-state index >= 15 is 0 Å². The molecule has 3 atom stereocenters. The van der Waals surface area contributed by atoms with Crippen LogP contribution in [0.5, 0.6) is 0 Å². The Labute approximate surface area is 100 Å². The predicted molar refractivity (Wildman–Crippen MR) is 71.8 cm³/mol. The van der Waals surface area contributed by atoms with Crippen molar-refractivity contribution < 1.29 is 0 Å². The lowest BCUT2D eigenvalue weighted by atomic mass is 9.61. The summed E-state index contributed by atoms with van der Waals surface area (Å²) in [5.41, 5.74) is 0. The topological polar surface area (TPSA) is 18.8 Å². The highest BCUT2D eigenvalue weighted by Gasteiger charge is 2.48. The third-order valence-electron chi connectivity index (χ3n) is 4.48. The van der Waals surface area contributed by atoms with Gasteiger partial charge in [-0.25, -0.2) is 0 Å². The number of hydrogen-bond donors (Lipinski definition) is 0. The molecule has 0 N–H and O–H groups in total. The number of likely N-dealkylation sites (N-methyl/N-ethyl adjacent to an activating group) is 2. The minimum absolute atomic E-state index is 0.399. The molecule has 0 aromatic heterocycles.